The zero-order chi connectivity index (χ0) is 21.8. The van der Waals surface area contributed by atoms with E-state index < -0.39 is 10.0 Å². The summed E-state index contributed by atoms with van der Waals surface area (Å²) in [5, 5.41) is 0.0882. The fourth-order valence-corrected chi connectivity index (χ4v) is 5.51. The minimum Gasteiger partial charge on any atom is -0.377 e. The Morgan fingerprint density at radius 1 is 1.10 bits per heavy atom. The SMILES string of the molecule is O=C(c1ccc(Cl)c(S(=O)(=O)NC[C@H]2CCCO2)c1)N1CCN(c2ccccc2)CC1. The summed E-state index contributed by atoms with van der Waals surface area (Å²) in [6, 6.07) is 14.5. The summed E-state index contributed by atoms with van der Waals surface area (Å²) in [6.45, 7) is 3.41. The van der Waals surface area contributed by atoms with Crippen molar-refractivity contribution in [1.82, 2.24) is 9.62 Å². The van der Waals surface area contributed by atoms with Crippen LogP contribution in [0.15, 0.2) is 53.4 Å². The van der Waals surface area contributed by atoms with Gasteiger partial charge in [0.2, 0.25) is 10.0 Å². The van der Waals surface area contributed by atoms with Crippen LogP contribution in [-0.2, 0) is 14.8 Å². The number of ether oxygens (including phenoxy) is 1. The van der Waals surface area contributed by atoms with Gasteiger partial charge in [-0.25, -0.2) is 13.1 Å². The molecule has 1 amide bonds. The van der Waals surface area contributed by atoms with Crippen LogP contribution in [0.1, 0.15) is 23.2 Å². The van der Waals surface area contributed by atoms with Crippen molar-refractivity contribution in [3.8, 4) is 0 Å². The lowest BCUT2D eigenvalue weighted by molar-refractivity contribution is 0.0746. The predicted molar refractivity (Wildman–Crippen MR) is 120 cm³/mol. The average molecular weight is 464 g/mol. The zero-order valence-electron chi connectivity index (χ0n) is 17.2. The number of piperazine rings is 1. The van der Waals surface area contributed by atoms with Gasteiger partial charge in [-0.2, -0.15) is 0 Å². The van der Waals surface area contributed by atoms with E-state index in [1.807, 2.05) is 18.2 Å². The summed E-state index contributed by atoms with van der Waals surface area (Å²) in [6.07, 6.45) is 1.62. The van der Waals surface area contributed by atoms with Crippen LogP contribution in [0.4, 0.5) is 5.69 Å². The molecule has 2 heterocycles. The number of amides is 1. The number of anilines is 1. The van der Waals surface area contributed by atoms with Crippen molar-refractivity contribution in [3.05, 3.63) is 59.1 Å². The highest BCUT2D eigenvalue weighted by Gasteiger charge is 2.26. The molecule has 4 rings (SSSR count). The predicted octanol–water partition coefficient (Wildman–Crippen LogP) is 2.76. The number of sulfonamides is 1. The minimum atomic E-state index is -3.85. The molecule has 2 aliphatic heterocycles. The first-order chi connectivity index (χ1) is 14.9. The van der Waals surface area contributed by atoms with Crippen LogP contribution >= 0.6 is 11.6 Å². The first-order valence-corrected chi connectivity index (χ1v) is 12.3. The normalized spacial score (nSPS) is 19.6. The van der Waals surface area contributed by atoms with E-state index in [4.69, 9.17) is 16.3 Å². The summed E-state index contributed by atoms with van der Waals surface area (Å²) in [5.74, 6) is -0.194. The second-order valence-corrected chi connectivity index (χ2v) is 9.89. The molecule has 9 heteroatoms. The third-order valence-electron chi connectivity index (χ3n) is 5.68. The van der Waals surface area contributed by atoms with E-state index in [1.165, 1.54) is 12.1 Å². The molecule has 31 heavy (non-hydrogen) atoms. The summed E-state index contributed by atoms with van der Waals surface area (Å²) >= 11 is 6.17. The van der Waals surface area contributed by atoms with Crippen LogP contribution in [-0.4, -0.2) is 64.7 Å². The van der Waals surface area contributed by atoms with Crippen LogP contribution in [0, 0.1) is 0 Å². The first-order valence-electron chi connectivity index (χ1n) is 10.4. The number of para-hydroxylation sites is 1. The molecule has 2 fully saturated rings. The molecule has 1 N–H and O–H groups in total. The summed E-state index contributed by atoms with van der Waals surface area (Å²) < 4.78 is 33.6. The third kappa shape index (κ3) is 5.20. The van der Waals surface area contributed by atoms with Crippen LogP contribution in [0.25, 0.3) is 0 Å². The van der Waals surface area contributed by atoms with Gasteiger partial charge in [0.1, 0.15) is 4.90 Å². The lowest BCUT2D eigenvalue weighted by Crippen LogP contribution is -2.48. The van der Waals surface area contributed by atoms with Crippen LogP contribution in [0.5, 0.6) is 0 Å². The second kappa shape index (κ2) is 9.56. The number of hydrogen-bond donors (Lipinski definition) is 1. The van der Waals surface area contributed by atoms with E-state index in [1.54, 1.807) is 11.0 Å². The van der Waals surface area contributed by atoms with Gasteiger partial charge in [-0.05, 0) is 43.2 Å². The number of nitrogens with one attached hydrogen (secondary N) is 1. The quantitative estimate of drug-likeness (QED) is 0.712. The van der Waals surface area contributed by atoms with Gasteiger partial charge in [-0.15, -0.1) is 0 Å². The van der Waals surface area contributed by atoms with Gasteiger partial charge in [-0.3, -0.25) is 4.79 Å². The van der Waals surface area contributed by atoms with Gasteiger partial charge >= 0.3 is 0 Å². The largest absolute Gasteiger partial charge is 0.377 e. The van der Waals surface area contributed by atoms with Crippen molar-refractivity contribution in [3.63, 3.8) is 0 Å². The molecule has 7 nitrogen and oxygen atoms in total. The molecular weight excluding hydrogens is 438 g/mol. The molecule has 1 atom stereocenters. The molecule has 2 aromatic carbocycles. The fraction of sp³-hybridized carbons (Fsp3) is 0.409. The number of rotatable bonds is 6. The highest BCUT2D eigenvalue weighted by molar-refractivity contribution is 7.89. The monoisotopic (exact) mass is 463 g/mol. The minimum absolute atomic E-state index is 0.0825. The van der Waals surface area contributed by atoms with Crippen LogP contribution in [0.2, 0.25) is 5.02 Å². The molecular formula is C22H26ClN3O4S. The number of nitrogens with zero attached hydrogens (tertiary/aromatic N) is 2. The number of carbonyl (C=O) groups excluding carboxylic acids is 1. The Kier molecular flexibility index (Phi) is 6.81. The molecule has 0 unspecified atom stereocenters. The molecule has 0 saturated carbocycles. The van der Waals surface area contributed by atoms with Crippen molar-refractivity contribution >= 4 is 33.2 Å². The van der Waals surface area contributed by atoms with Gasteiger partial charge in [0, 0.05) is 50.6 Å². The maximum absolute atomic E-state index is 13.0. The van der Waals surface area contributed by atoms with Crippen LogP contribution < -0.4 is 9.62 Å². The van der Waals surface area contributed by atoms with Crippen molar-refractivity contribution < 1.29 is 17.9 Å². The van der Waals surface area contributed by atoms with Crippen molar-refractivity contribution in [2.75, 3.05) is 44.2 Å². The maximum atomic E-state index is 13.0. The molecule has 0 radical (unpaired) electrons. The van der Waals surface area contributed by atoms with E-state index in [9.17, 15) is 13.2 Å². The molecule has 0 aliphatic carbocycles. The highest BCUT2D eigenvalue weighted by atomic mass is 35.5. The second-order valence-electron chi connectivity index (χ2n) is 7.75. The van der Waals surface area contributed by atoms with Gasteiger partial charge in [0.05, 0.1) is 11.1 Å². The summed E-state index contributed by atoms with van der Waals surface area (Å²) in [4.78, 5) is 16.9. The van der Waals surface area contributed by atoms with Crippen molar-refractivity contribution in [2.45, 2.75) is 23.8 Å². The van der Waals surface area contributed by atoms with Gasteiger partial charge in [-0.1, -0.05) is 29.8 Å². The number of benzene rings is 2. The average Bonchev–Trinajstić information content (AvgIpc) is 3.32. The Bertz CT molecular complexity index is 1020. The standard InChI is InChI=1S/C22H26ClN3O4S/c23-20-9-8-17(15-21(20)31(28,29)24-16-19-7-4-14-30-19)22(27)26-12-10-25(11-13-26)18-5-2-1-3-6-18/h1-3,5-6,8-9,15,19,24H,4,7,10-14,16H2/t19-/m1/s1. The zero-order valence-corrected chi connectivity index (χ0v) is 18.7. The molecule has 0 spiro atoms. The third-order valence-corrected chi connectivity index (χ3v) is 7.59. The topological polar surface area (TPSA) is 78.9 Å². The van der Waals surface area contributed by atoms with E-state index in [0.717, 1.165) is 31.6 Å². The lowest BCUT2D eigenvalue weighted by atomic mass is 10.1. The van der Waals surface area contributed by atoms with E-state index >= 15 is 0 Å². The Balaban J connectivity index is 1.43. The fourth-order valence-electron chi connectivity index (χ4n) is 3.92. The number of hydrogen-bond acceptors (Lipinski definition) is 5. The Morgan fingerprint density at radius 3 is 2.52 bits per heavy atom. The Hall–Kier alpha value is -2.13. The lowest BCUT2D eigenvalue weighted by Gasteiger charge is -2.36. The number of carbonyl (C=O) groups is 1. The smallest absolute Gasteiger partial charge is 0.254 e. The first kappa shape index (κ1) is 22.1. The number of halogens is 1. The van der Waals surface area contributed by atoms with Crippen LogP contribution in [0.3, 0.4) is 0 Å². The Morgan fingerprint density at radius 2 is 1.84 bits per heavy atom. The molecule has 0 bridgehead atoms. The van der Waals surface area contributed by atoms with Gasteiger partial charge in [0.25, 0.3) is 5.91 Å². The highest BCUT2D eigenvalue weighted by Crippen LogP contribution is 2.24. The molecule has 0 aromatic heterocycles. The van der Waals surface area contributed by atoms with E-state index in [2.05, 4.69) is 21.8 Å². The van der Waals surface area contributed by atoms with E-state index in [-0.39, 0.29) is 28.5 Å². The van der Waals surface area contributed by atoms with Crippen molar-refractivity contribution in [1.29, 1.82) is 0 Å². The molecule has 2 aromatic rings. The summed E-state index contributed by atoms with van der Waals surface area (Å²) in [5.41, 5.74) is 1.45. The molecule has 2 saturated heterocycles. The van der Waals surface area contributed by atoms with Crippen molar-refractivity contribution in [2.24, 2.45) is 0 Å². The molecule has 166 valence electrons. The van der Waals surface area contributed by atoms with Gasteiger partial charge in [0.15, 0.2) is 0 Å². The molecule has 2 aliphatic rings. The summed E-state index contributed by atoms with van der Waals surface area (Å²) in [7, 11) is -3.85. The van der Waals surface area contributed by atoms with E-state index in [0.29, 0.717) is 25.3 Å². The van der Waals surface area contributed by atoms with Gasteiger partial charge < -0.3 is 14.5 Å². The maximum Gasteiger partial charge on any atom is 0.254 e. The Labute approximate surface area is 188 Å².